The fourth-order valence-corrected chi connectivity index (χ4v) is 2.57. The van der Waals surface area contributed by atoms with Crippen molar-refractivity contribution in [2.24, 2.45) is 0 Å². The van der Waals surface area contributed by atoms with Crippen molar-refractivity contribution in [1.82, 2.24) is 20.3 Å². The maximum Gasteiger partial charge on any atom is 0.251 e. The molecule has 0 aliphatic carbocycles. The topological polar surface area (TPSA) is 59.8 Å². The molecule has 0 spiro atoms. The minimum atomic E-state index is -0.104. The highest BCUT2D eigenvalue weighted by Crippen LogP contribution is 2.17. The first-order valence-electron chi connectivity index (χ1n) is 7.73. The molecule has 1 aromatic heterocycles. The first kappa shape index (κ1) is 15.2. The van der Waals surface area contributed by atoms with Gasteiger partial charge in [0.25, 0.3) is 5.91 Å². The predicted molar refractivity (Wildman–Crippen MR) is 90.3 cm³/mol. The largest absolute Gasteiger partial charge is 0.348 e. The molecule has 0 radical (unpaired) electrons. The minimum Gasteiger partial charge on any atom is -0.348 e. The van der Waals surface area contributed by atoms with Crippen molar-refractivity contribution >= 4 is 16.9 Å². The van der Waals surface area contributed by atoms with E-state index in [9.17, 15) is 4.79 Å². The number of fused-ring (bicyclic) bond motifs is 1. The highest BCUT2D eigenvalue weighted by Gasteiger charge is 2.11. The summed E-state index contributed by atoms with van der Waals surface area (Å²) in [5, 5.41) is 11.2. The molecule has 0 bridgehead atoms. The second kappa shape index (κ2) is 6.20. The van der Waals surface area contributed by atoms with Gasteiger partial charge < -0.3 is 5.32 Å². The molecule has 1 amide bonds. The molecule has 0 aliphatic rings. The lowest BCUT2D eigenvalue weighted by atomic mass is 10.1. The molecular weight excluding hydrogens is 288 g/mol. The molecule has 3 aromatic rings. The van der Waals surface area contributed by atoms with E-state index in [2.05, 4.69) is 35.5 Å². The average Bonchev–Trinajstić information content (AvgIpc) is 2.96. The molecule has 5 heteroatoms. The first-order valence-corrected chi connectivity index (χ1v) is 7.73. The summed E-state index contributed by atoms with van der Waals surface area (Å²) in [5.74, 6) is -0.104. The van der Waals surface area contributed by atoms with Crippen LogP contribution in [0.1, 0.15) is 41.4 Å². The van der Waals surface area contributed by atoms with E-state index in [1.54, 1.807) is 6.07 Å². The van der Waals surface area contributed by atoms with E-state index in [0.717, 1.165) is 16.6 Å². The molecule has 0 unspecified atom stereocenters. The lowest BCUT2D eigenvalue weighted by Gasteiger charge is -2.07. The molecule has 23 heavy (non-hydrogen) atoms. The molecule has 0 saturated heterocycles. The molecule has 3 rings (SSSR count). The molecule has 1 heterocycles. The number of nitrogens with one attached hydrogen (secondary N) is 1. The van der Waals surface area contributed by atoms with Crippen LogP contribution in [0.15, 0.2) is 42.5 Å². The van der Waals surface area contributed by atoms with Gasteiger partial charge in [0.15, 0.2) is 0 Å². The zero-order valence-corrected chi connectivity index (χ0v) is 13.6. The number of nitrogens with zero attached hydrogens (tertiary/aromatic N) is 3. The number of hydrogen-bond donors (Lipinski definition) is 1. The Morgan fingerprint density at radius 1 is 1.22 bits per heavy atom. The van der Waals surface area contributed by atoms with Crippen LogP contribution < -0.4 is 5.32 Å². The third-order valence-electron chi connectivity index (χ3n) is 3.76. The molecule has 2 aromatic carbocycles. The number of aryl methyl sites for hydroxylation is 1. The van der Waals surface area contributed by atoms with Gasteiger partial charge in [-0.05, 0) is 44.5 Å². The summed E-state index contributed by atoms with van der Waals surface area (Å²) in [6, 6.07) is 13.8. The van der Waals surface area contributed by atoms with Gasteiger partial charge in [-0.1, -0.05) is 35.0 Å². The predicted octanol–water partition coefficient (Wildman–Crippen LogP) is 3.25. The quantitative estimate of drug-likeness (QED) is 0.805. The van der Waals surface area contributed by atoms with Gasteiger partial charge in [0.1, 0.15) is 5.52 Å². The van der Waals surface area contributed by atoms with Crippen molar-refractivity contribution in [3.63, 3.8) is 0 Å². The number of carbonyl (C=O) groups excluding carboxylic acids is 1. The number of hydrogen-bond acceptors (Lipinski definition) is 3. The molecule has 1 N–H and O–H groups in total. The van der Waals surface area contributed by atoms with Crippen LogP contribution in [0.2, 0.25) is 0 Å². The second-order valence-corrected chi connectivity index (χ2v) is 6.00. The summed E-state index contributed by atoms with van der Waals surface area (Å²) in [7, 11) is 0. The molecule has 0 atom stereocenters. The summed E-state index contributed by atoms with van der Waals surface area (Å²) in [6.45, 7) is 6.65. The van der Waals surface area contributed by atoms with Crippen molar-refractivity contribution in [2.45, 2.75) is 33.4 Å². The number of carbonyl (C=O) groups is 1. The summed E-state index contributed by atoms with van der Waals surface area (Å²) < 4.78 is 1.85. The Morgan fingerprint density at radius 2 is 2.04 bits per heavy atom. The van der Waals surface area contributed by atoms with Crippen LogP contribution in [0, 0.1) is 6.92 Å². The van der Waals surface area contributed by atoms with E-state index in [1.165, 1.54) is 5.56 Å². The summed E-state index contributed by atoms with van der Waals surface area (Å²) in [6.07, 6.45) is 0. The lowest BCUT2D eigenvalue weighted by Crippen LogP contribution is -2.22. The van der Waals surface area contributed by atoms with E-state index in [1.807, 2.05) is 41.9 Å². The van der Waals surface area contributed by atoms with Gasteiger partial charge in [0.2, 0.25) is 0 Å². The molecule has 0 saturated carbocycles. The van der Waals surface area contributed by atoms with Crippen LogP contribution in [-0.2, 0) is 6.54 Å². The Morgan fingerprint density at radius 3 is 2.78 bits per heavy atom. The van der Waals surface area contributed by atoms with Gasteiger partial charge >= 0.3 is 0 Å². The molecule has 5 nitrogen and oxygen atoms in total. The molecular formula is C18H20N4O. The van der Waals surface area contributed by atoms with Crippen LogP contribution in [0.4, 0.5) is 0 Å². The van der Waals surface area contributed by atoms with E-state index in [-0.39, 0.29) is 11.9 Å². The Labute approximate surface area is 135 Å². The van der Waals surface area contributed by atoms with E-state index in [0.29, 0.717) is 12.1 Å². The highest BCUT2D eigenvalue weighted by atomic mass is 16.1. The fraction of sp³-hybridized carbons (Fsp3) is 0.278. The van der Waals surface area contributed by atoms with Crippen LogP contribution in [-0.4, -0.2) is 20.9 Å². The summed E-state index contributed by atoms with van der Waals surface area (Å²) in [4.78, 5) is 12.3. The van der Waals surface area contributed by atoms with Gasteiger partial charge in [-0.25, -0.2) is 4.68 Å². The van der Waals surface area contributed by atoms with Gasteiger partial charge in [-0.3, -0.25) is 4.79 Å². The Kier molecular flexibility index (Phi) is 4.10. The maximum atomic E-state index is 12.3. The molecule has 0 fully saturated rings. The van der Waals surface area contributed by atoms with Crippen LogP contribution >= 0.6 is 0 Å². The van der Waals surface area contributed by atoms with Gasteiger partial charge in [-0.15, -0.1) is 5.10 Å². The van der Waals surface area contributed by atoms with Gasteiger partial charge in [0, 0.05) is 18.2 Å². The minimum absolute atomic E-state index is 0.104. The van der Waals surface area contributed by atoms with Crippen molar-refractivity contribution in [3.05, 3.63) is 59.2 Å². The molecule has 118 valence electrons. The zero-order valence-electron chi connectivity index (χ0n) is 13.6. The Balaban J connectivity index is 1.76. The second-order valence-electron chi connectivity index (χ2n) is 6.00. The van der Waals surface area contributed by atoms with Crippen LogP contribution in [0.3, 0.4) is 0 Å². The zero-order chi connectivity index (χ0) is 16.4. The van der Waals surface area contributed by atoms with Crippen molar-refractivity contribution < 1.29 is 4.79 Å². The Hall–Kier alpha value is -2.69. The van der Waals surface area contributed by atoms with E-state index in [4.69, 9.17) is 0 Å². The van der Waals surface area contributed by atoms with Crippen molar-refractivity contribution in [1.29, 1.82) is 0 Å². The highest BCUT2D eigenvalue weighted by molar-refractivity contribution is 5.97. The number of amides is 1. The van der Waals surface area contributed by atoms with Gasteiger partial charge in [0.05, 0.1) is 5.52 Å². The third-order valence-corrected chi connectivity index (χ3v) is 3.76. The first-order chi connectivity index (χ1) is 11.0. The van der Waals surface area contributed by atoms with Crippen LogP contribution in [0.5, 0.6) is 0 Å². The Bertz CT molecular complexity index is 851. The monoisotopic (exact) mass is 308 g/mol. The fourth-order valence-electron chi connectivity index (χ4n) is 2.57. The summed E-state index contributed by atoms with van der Waals surface area (Å²) >= 11 is 0. The smallest absolute Gasteiger partial charge is 0.251 e. The summed E-state index contributed by atoms with van der Waals surface area (Å²) in [5.41, 5.74) is 4.55. The van der Waals surface area contributed by atoms with Gasteiger partial charge in [-0.2, -0.15) is 0 Å². The number of aromatic nitrogens is 3. The SMILES string of the molecule is Cc1cccc(CNC(=O)c2ccc3c(c2)nnn3C(C)C)c1. The van der Waals surface area contributed by atoms with Crippen molar-refractivity contribution in [2.75, 3.05) is 0 Å². The third kappa shape index (κ3) is 3.23. The van der Waals surface area contributed by atoms with E-state index >= 15 is 0 Å². The van der Waals surface area contributed by atoms with Crippen LogP contribution in [0.25, 0.3) is 11.0 Å². The lowest BCUT2D eigenvalue weighted by molar-refractivity contribution is 0.0951. The molecule has 0 aliphatic heterocycles. The van der Waals surface area contributed by atoms with Crippen molar-refractivity contribution in [3.8, 4) is 0 Å². The average molecular weight is 308 g/mol. The normalized spacial score (nSPS) is 11.1. The maximum absolute atomic E-state index is 12.3. The number of rotatable bonds is 4. The van der Waals surface area contributed by atoms with E-state index < -0.39 is 0 Å². The number of benzene rings is 2. The standard InChI is InChI=1S/C18H20N4O/c1-12(2)22-17-8-7-15(10-16(17)20-21-22)18(23)19-11-14-6-4-5-13(3)9-14/h4-10,12H,11H2,1-3H3,(H,19,23).